The van der Waals surface area contributed by atoms with Crippen molar-refractivity contribution >= 4 is 34.0 Å². The third kappa shape index (κ3) is 5.85. The first kappa shape index (κ1) is 22.7. The average molecular weight is 466 g/mol. The van der Waals surface area contributed by atoms with Gasteiger partial charge in [0, 0.05) is 30.7 Å². The van der Waals surface area contributed by atoms with Gasteiger partial charge in [0.25, 0.3) is 5.56 Å². The number of hydrogen-bond acceptors (Lipinski definition) is 6. The molecule has 32 heavy (non-hydrogen) atoms. The first-order valence-corrected chi connectivity index (χ1v) is 12.7. The van der Waals surface area contributed by atoms with E-state index in [1.807, 2.05) is 44.2 Å². The van der Waals surface area contributed by atoms with Crippen LogP contribution >= 0.6 is 23.1 Å². The number of thiazole rings is 1. The van der Waals surface area contributed by atoms with Crippen LogP contribution in [-0.4, -0.2) is 27.2 Å². The van der Waals surface area contributed by atoms with Gasteiger partial charge in [-0.2, -0.15) is 0 Å². The molecule has 0 spiro atoms. The highest BCUT2D eigenvalue weighted by Crippen LogP contribution is 2.24. The number of hydrogen-bond donors (Lipinski definition) is 0. The first-order chi connectivity index (χ1) is 15.6. The van der Waals surface area contributed by atoms with Crippen molar-refractivity contribution in [3.63, 3.8) is 0 Å². The summed E-state index contributed by atoms with van der Waals surface area (Å²) in [5, 5.41) is 4.59. The Balaban J connectivity index is 1.50. The number of ether oxygens (including phenoxy) is 1. The van der Waals surface area contributed by atoms with Crippen LogP contribution in [0.4, 0.5) is 0 Å². The van der Waals surface area contributed by atoms with Crippen molar-refractivity contribution in [1.82, 2.24) is 14.5 Å². The lowest BCUT2D eigenvalue weighted by molar-refractivity contribution is 0.0743. The molecule has 0 radical (unpaired) electrons. The Morgan fingerprint density at radius 2 is 1.84 bits per heavy atom. The van der Waals surface area contributed by atoms with Gasteiger partial charge in [-0.1, -0.05) is 54.2 Å². The second-order valence-electron chi connectivity index (χ2n) is 7.83. The lowest BCUT2D eigenvalue weighted by Crippen LogP contribution is -2.24. The monoisotopic (exact) mass is 465 g/mol. The van der Waals surface area contributed by atoms with Crippen LogP contribution < -0.4 is 5.56 Å². The van der Waals surface area contributed by atoms with Crippen molar-refractivity contribution in [2.75, 3.05) is 6.61 Å². The topological polar surface area (TPSA) is 57.0 Å². The molecule has 7 heteroatoms. The Hall–Kier alpha value is -2.48. The third-order valence-electron chi connectivity index (χ3n) is 4.95. The van der Waals surface area contributed by atoms with Crippen molar-refractivity contribution in [2.24, 2.45) is 0 Å². The summed E-state index contributed by atoms with van der Waals surface area (Å²) in [5.74, 6) is 0.679. The molecule has 0 saturated carbocycles. The summed E-state index contributed by atoms with van der Waals surface area (Å²) in [7, 11) is 0. The van der Waals surface area contributed by atoms with Crippen LogP contribution in [0.2, 0.25) is 0 Å². The van der Waals surface area contributed by atoms with Crippen molar-refractivity contribution in [3.05, 3.63) is 86.6 Å². The van der Waals surface area contributed by atoms with Crippen LogP contribution in [-0.2, 0) is 23.5 Å². The minimum atomic E-state index is 0.00527. The van der Waals surface area contributed by atoms with Gasteiger partial charge >= 0.3 is 0 Å². The molecule has 2 heterocycles. The molecule has 0 aliphatic rings. The zero-order chi connectivity index (χ0) is 22.3. The van der Waals surface area contributed by atoms with E-state index in [0.29, 0.717) is 24.3 Å². The van der Waals surface area contributed by atoms with Gasteiger partial charge in [-0.3, -0.25) is 9.36 Å². The van der Waals surface area contributed by atoms with Gasteiger partial charge in [0.05, 0.1) is 27.7 Å². The molecule has 4 rings (SSSR count). The van der Waals surface area contributed by atoms with Gasteiger partial charge in [-0.25, -0.2) is 9.97 Å². The first-order valence-electron chi connectivity index (χ1n) is 10.8. The minimum absolute atomic E-state index is 0.00527. The van der Waals surface area contributed by atoms with Crippen LogP contribution in [0.25, 0.3) is 10.9 Å². The molecule has 0 N–H and O–H groups in total. The quantitative estimate of drug-likeness (QED) is 0.175. The molecule has 0 aliphatic carbocycles. The molecule has 0 saturated heterocycles. The molecule has 4 aromatic rings. The molecule has 0 bridgehead atoms. The molecular formula is C25H27N3O2S2. The van der Waals surface area contributed by atoms with E-state index in [-0.39, 0.29) is 11.7 Å². The SMILES string of the molecule is CC(C)OCCCn1c(SCc2csc(Cc3ccccc3)n2)nc2ccccc2c1=O. The predicted octanol–water partition coefficient (Wildman–Crippen LogP) is 5.55. The smallest absolute Gasteiger partial charge is 0.262 e. The Morgan fingerprint density at radius 1 is 1.06 bits per heavy atom. The maximum absolute atomic E-state index is 13.2. The maximum atomic E-state index is 13.2. The summed E-state index contributed by atoms with van der Waals surface area (Å²) in [5.41, 5.74) is 3.01. The Morgan fingerprint density at radius 3 is 2.66 bits per heavy atom. The molecule has 2 aromatic heterocycles. The summed E-state index contributed by atoms with van der Waals surface area (Å²) in [6, 6.07) is 17.9. The summed E-state index contributed by atoms with van der Waals surface area (Å²) in [4.78, 5) is 22.7. The van der Waals surface area contributed by atoms with Crippen LogP contribution in [0.1, 0.15) is 36.5 Å². The third-order valence-corrected chi connectivity index (χ3v) is 6.86. The molecule has 166 valence electrons. The van der Waals surface area contributed by atoms with Gasteiger partial charge in [0.15, 0.2) is 5.16 Å². The molecule has 0 aliphatic heterocycles. The fourth-order valence-electron chi connectivity index (χ4n) is 3.40. The van der Waals surface area contributed by atoms with Gasteiger partial charge in [0.2, 0.25) is 0 Å². The van der Waals surface area contributed by atoms with E-state index in [2.05, 4.69) is 29.6 Å². The van der Waals surface area contributed by atoms with E-state index < -0.39 is 0 Å². The lowest BCUT2D eigenvalue weighted by Gasteiger charge is -2.13. The summed E-state index contributed by atoms with van der Waals surface area (Å²) < 4.78 is 7.45. The largest absolute Gasteiger partial charge is 0.379 e. The number of rotatable bonds is 10. The fraction of sp³-hybridized carbons (Fsp3) is 0.320. The van der Waals surface area contributed by atoms with Crippen LogP contribution in [0.3, 0.4) is 0 Å². The zero-order valence-corrected chi connectivity index (χ0v) is 20.0. The highest BCUT2D eigenvalue weighted by molar-refractivity contribution is 7.98. The lowest BCUT2D eigenvalue weighted by atomic mass is 10.2. The van der Waals surface area contributed by atoms with Crippen molar-refractivity contribution in [2.45, 2.75) is 50.2 Å². The predicted molar refractivity (Wildman–Crippen MR) is 133 cm³/mol. The maximum Gasteiger partial charge on any atom is 0.262 e. The summed E-state index contributed by atoms with van der Waals surface area (Å²) >= 11 is 3.25. The van der Waals surface area contributed by atoms with E-state index in [9.17, 15) is 4.79 Å². The second-order valence-corrected chi connectivity index (χ2v) is 9.71. The molecule has 0 amide bonds. The standard InChI is InChI=1S/C25H27N3O2S2/c1-18(2)30-14-8-13-28-24(29)21-11-6-7-12-22(21)27-25(28)32-17-20-16-31-23(26-20)15-19-9-4-3-5-10-19/h3-7,9-12,16,18H,8,13-15,17H2,1-2H3. The Bertz CT molecular complexity index is 1220. The average Bonchev–Trinajstić information content (AvgIpc) is 3.24. The zero-order valence-electron chi connectivity index (χ0n) is 18.4. The van der Waals surface area contributed by atoms with Crippen LogP contribution in [0, 0.1) is 0 Å². The van der Waals surface area contributed by atoms with Crippen molar-refractivity contribution in [3.8, 4) is 0 Å². The number of para-hydroxylation sites is 1. The molecule has 2 aromatic carbocycles. The number of fused-ring (bicyclic) bond motifs is 1. The molecule has 0 fully saturated rings. The highest BCUT2D eigenvalue weighted by atomic mass is 32.2. The van der Waals surface area contributed by atoms with Crippen molar-refractivity contribution in [1.29, 1.82) is 0 Å². The number of nitrogens with zero attached hydrogens (tertiary/aromatic N) is 3. The van der Waals surface area contributed by atoms with Crippen molar-refractivity contribution < 1.29 is 4.74 Å². The van der Waals surface area contributed by atoms with E-state index in [0.717, 1.165) is 34.2 Å². The van der Waals surface area contributed by atoms with E-state index >= 15 is 0 Å². The van der Waals surface area contributed by atoms with E-state index in [4.69, 9.17) is 14.7 Å². The van der Waals surface area contributed by atoms with Gasteiger partial charge < -0.3 is 4.74 Å². The Kier molecular flexibility index (Phi) is 7.73. The second kappa shape index (κ2) is 10.9. The van der Waals surface area contributed by atoms with Gasteiger partial charge in [0.1, 0.15) is 0 Å². The number of thioether (sulfide) groups is 1. The number of benzene rings is 2. The molecule has 5 nitrogen and oxygen atoms in total. The van der Waals surface area contributed by atoms with Crippen LogP contribution in [0.5, 0.6) is 0 Å². The minimum Gasteiger partial charge on any atom is -0.379 e. The summed E-state index contributed by atoms with van der Waals surface area (Å²) in [6.07, 6.45) is 1.79. The molecular weight excluding hydrogens is 438 g/mol. The number of aromatic nitrogens is 3. The van der Waals surface area contributed by atoms with Gasteiger partial charge in [-0.05, 0) is 38.0 Å². The summed E-state index contributed by atoms with van der Waals surface area (Å²) in [6.45, 7) is 5.24. The fourth-order valence-corrected chi connectivity index (χ4v) is 5.25. The molecule has 0 atom stereocenters. The van der Waals surface area contributed by atoms with E-state index in [1.54, 1.807) is 27.7 Å². The highest BCUT2D eigenvalue weighted by Gasteiger charge is 2.13. The van der Waals surface area contributed by atoms with E-state index in [1.165, 1.54) is 5.56 Å². The normalized spacial score (nSPS) is 11.5. The van der Waals surface area contributed by atoms with Gasteiger partial charge in [-0.15, -0.1) is 11.3 Å². The Labute approximate surface area is 196 Å². The van der Waals surface area contributed by atoms with Crippen LogP contribution in [0.15, 0.2) is 69.9 Å². The molecule has 0 unspecified atom stereocenters.